The molecule has 0 unspecified atom stereocenters. The summed E-state index contributed by atoms with van der Waals surface area (Å²) in [4.78, 5) is 14.5. The topological polar surface area (TPSA) is 58.4 Å². The molecule has 0 radical (unpaired) electrons. The fraction of sp³-hybridized carbons (Fsp3) is 0.562. The van der Waals surface area contributed by atoms with Crippen LogP contribution in [0.1, 0.15) is 30.7 Å². The van der Waals surface area contributed by atoms with Crippen molar-refractivity contribution in [3.63, 3.8) is 0 Å². The number of nitrogens with zero attached hydrogens (tertiary/aromatic N) is 1. The van der Waals surface area contributed by atoms with E-state index < -0.39 is 0 Å². The molecule has 0 spiro atoms. The standard InChI is InChI=1S/C16H23N3O/c17-14-11-19(16(20)15-8-4-5-9-18-15)10-13(14)12-6-2-1-3-7-12/h1-3,6-7,13-15,18H,4-5,8-11,17H2/t13-,14+,15+/m0/s1. The zero-order valence-electron chi connectivity index (χ0n) is 11.8. The largest absolute Gasteiger partial charge is 0.339 e. The molecule has 2 heterocycles. The quantitative estimate of drug-likeness (QED) is 0.848. The normalized spacial score (nSPS) is 30.4. The Hall–Kier alpha value is -1.39. The van der Waals surface area contributed by atoms with E-state index in [1.807, 2.05) is 23.1 Å². The van der Waals surface area contributed by atoms with Gasteiger partial charge < -0.3 is 16.0 Å². The van der Waals surface area contributed by atoms with Gasteiger partial charge in [-0.3, -0.25) is 4.79 Å². The molecule has 3 atom stereocenters. The van der Waals surface area contributed by atoms with Crippen molar-refractivity contribution < 1.29 is 4.79 Å². The van der Waals surface area contributed by atoms with Crippen LogP contribution in [0.2, 0.25) is 0 Å². The van der Waals surface area contributed by atoms with Gasteiger partial charge in [0.1, 0.15) is 0 Å². The number of hydrogen-bond donors (Lipinski definition) is 2. The Morgan fingerprint density at radius 1 is 1.20 bits per heavy atom. The summed E-state index contributed by atoms with van der Waals surface area (Å²) >= 11 is 0. The van der Waals surface area contributed by atoms with E-state index in [0.717, 1.165) is 25.9 Å². The lowest BCUT2D eigenvalue weighted by Crippen LogP contribution is -2.48. The zero-order chi connectivity index (χ0) is 13.9. The maximum Gasteiger partial charge on any atom is 0.239 e. The van der Waals surface area contributed by atoms with Crippen LogP contribution in [0.5, 0.6) is 0 Å². The van der Waals surface area contributed by atoms with Gasteiger partial charge in [-0.05, 0) is 24.9 Å². The van der Waals surface area contributed by atoms with Crippen LogP contribution in [0.25, 0.3) is 0 Å². The third-order valence-electron chi connectivity index (χ3n) is 4.51. The number of carbonyl (C=O) groups excluding carboxylic acids is 1. The number of piperidine rings is 1. The summed E-state index contributed by atoms with van der Waals surface area (Å²) in [6.45, 7) is 2.39. The molecule has 20 heavy (non-hydrogen) atoms. The summed E-state index contributed by atoms with van der Waals surface area (Å²) in [6, 6.07) is 10.4. The summed E-state index contributed by atoms with van der Waals surface area (Å²) in [5.74, 6) is 0.502. The average molecular weight is 273 g/mol. The molecule has 2 saturated heterocycles. The molecule has 3 N–H and O–H groups in total. The minimum Gasteiger partial charge on any atom is -0.339 e. The molecular formula is C16H23N3O. The van der Waals surface area contributed by atoms with Gasteiger partial charge in [-0.1, -0.05) is 36.8 Å². The van der Waals surface area contributed by atoms with Gasteiger partial charge in [0.25, 0.3) is 0 Å². The molecule has 2 aliphatic heterocycles. The van der Waals surface area contributed by atoms with Crippen LogP contribution in [-0.2, 0) is 4.79 Å². The van der Waals surface area contributed by atoms with Gasteiger partial charge in [-0.25, -0.2) is 0 Å². The number of likely N-dealkylation sites (tertiary alicyclic amines) is 1. The van der Waals surface area contributed by atoms with E-state index in [4.69, 9.17) is 5.73 Å². The third kappa shape index (κ3) is 2.72. The van der Waals surface area contributed by atoms with Crippen molar-refractivity contribution in [2.75, 3.05) is 19.6 Å². The summed E-state index contributed by atoms with van der Waals surface area (Å²) in [7, 11) is 0. The molecule has 1 aromatic rings. The predicted molar refractivity (Wildman–Crippen MR) is 79.4 cm³/mol. The van der Waals surface area contributed by atoms with E-state index in [2.05, 4.69) is 17.4 Å². The molecule has 4 heteroatoms. The number of benzene rings is 1. The highest BCUT2D eigenvalue weighted by Crippen LogP contribution is 2.27. The number of amides is 1. The Bertz CT molecular complexity index is 456. The molecule has 1 amide bonds. The fourth-order valence-electron chi connectivity index (χ4n) is 3.34. The Kier molecular flexibility index (Phi) is 4.03. The fourth-order valence-corrected chi connectivity index (χ4v) is 3.34. The second-order valence-corrected chi connectivity index (χ2v) is 5.93. The van der Waals surface area contributed by atoms with Gasteiger partial charge in [-0.15, -0.1) is 0 Å². The van der Waals surface area contributed by atoms with Gasteiger partial charge in [0.05, 0.1) is 6.04 Å². The predicted octanol–water partition coefficient (Wildman–Crippen LogP) is 1.08. The van der Waals surface area contributed by atoms with Crippen molar-refractivity contribution in [3.05, 3.63) is 35.9 Å². The lowest BCUT2D eigenvalue weighted by Gasteiger charge is -2.27. The number of nitrogens with one attached hydrogen (secondary N) is 1. The lowest BCUT2D eigenvalue weighted by atomic mass is 9.95. The molecule has 0 bridgehead atoms. The van der Waals surface area contributed by atoms with E-state index in [1.165, 1.54) is 12.0 Å². The van der Waals surface area contributed by atoms with E-state index in [0.29, 0.717) is 6.54 Å². The van der Waals surface area contributed by atoms with Crippen LogP contribution in [0.3, 0.4) is 0 Å². The van der Waals surface area contributed by atoms with Gasteiger partial charge in [0.2, 0.25) is 5.91 Å². The molecule has 3 rings (SSSR count). The van der Waals surface area contributed by atoms with Crippen molar-refractivity contribution in [1.82, 2.24) is 10.2 Å². The Morgan fingerprint density at radius 2 is 2.00 bits per heavy atom. The first-order valence-electron chi connectivity index (χ1n) is 7.58. The molecular weight excluding hydrogens is 250 g/mol. The maximum absolute atomic E-state index is 12.5. The molecule has 2 fully saturated rings. The molecule has 2 aliphatic rings. The highest BCUT2D eigenvalue weighted by atomic mass is 16.2. The SMILES string of the molecule is N[C@@H]1CN(C(=O)[C@H]2CCCCN2)C[C@H]1c1ccccc1. The van der Waals surface area contributed by atoms with Crippen molar-refractivity contribution in [2.24, 2.45) is 5.73 Å². The van der Waals surface area contributed by atoms with E-state index in [-0.39, 0.29) is 23.9 Å². The van der Waals surface area contributed by atoms with Crippen molar-refractivity contribution in [2.45, 2.75) is 37.3 Å². The van der Waals surface area contributed by atoms with Crippen molar-refractivity contribution >= 4 is 5.91 Å². The first-order chi connectivity index (χ1) is 9.75. The molecule has 0 saturated carbocycles. The Balaban J connectivity index is 1.67. The highest BCUT2D eigenvalue weighted by molar-refractivity contribution is 5.82. The zero-order valence-corrected chi connectivity index (χ0v) is 11.8. The van der Waals surface area contributed by atoms with Crippen LogP contribution in [0, 0.1) is 0 Å². The third-order valence-corrected chi connectivity index (χ3v) is 4.51. The van der Waals surface area contributed by atoms with Gasteiger partial charge in [-0.2, -0.15) is 0 Å². The minimum atomic E-state index is 0.00507. The second kappa shape index (κ2) is 5.94. The monoisotopic (exact) mass is 273 g/mol. The van der Waals surface area contributed by atoms with E-state index in [9.17, 15) is 4.79 Å². The van der Waals surface area contributed by atoms with Gasteiger partial charge in [0, 0.05) is 25.0 Å². The van der Waals surface area contributed by atoms with Gasteiger partial charge in [0.15, 0.2) is 0 Å². The van der Waals surface area contributed by atoms with E-state index >= 15 is 0 Å². The molecule has 108 valence electrons. The van der Waals surface area contributed by atoms with Crippen molar-refractivity contribution in [1.29, 1.82) is 0 Å². The smallest absolute Gasteiger partial charge is 0.239 e. The number of rotatable bonds is 2. The van der Waals surface area contributed by atoms with Crippen molar-refractivity contribution in [3.8, 4) is 0 Å². The van der Waals surface area contributed by atoms with Crippen LogP contribution in [-0.4, -0.2) is 42.5 Å². The molecule has 0 aromatic heterocycles. The second-order valence-electron chi connectivity index (χ2n) is 5.93. The molecule has 1 aromatic carbocycles. The van der Waals surface area contributed by atoms with Gasteiger partial charge >= 0.3 is 0 Å². The summed E-state index contributed by atoms with van der Waals surface area (Å²) in [6.07, 6.45) is 3.28. The average Bonchev–Trinajstić information content (AvgIpc) is 2.90. The first-order valence-corrected chi connectivity index (χ1v) is 7.58. The molecule has 0 aliphatic carbocycles. The highest BCUT2D eigenvalue weighted by Gasteiger charge is 2.36. The summed E-state index contributed by atoms with van der Waals surface area (Å²) in [5.41, 5.74) is 7.50. The number of carbonyl (C=O) groups is 1. The maximum atomic E-state index is 12.5. The van der Waals surface area contributed by atoms with Crippen LogP contribution < -0.4 is 11.1 Å². The van der Waals surface area contributed by atoms with Crippen LogP contribution in [0.15, 0.2) is 30.3 Å². The Labute approximate surface area is 120 Å². The minimum absolute atomic E-state index is 0.00507. The summed E-state index contributed by atoms with van der Waals surface area (Å²) < 4.78 is 0. The summed E-state index contributed by atoms with van der Waals surface area (Å²) in [5, 5.41) is 3.33. The number of hydrogen-bond acceptors (Lipinski definition) is 3. The van der Waals surface area contributed by atoms with Crippen LogP contribution >= 0.6 is 0 Å². The van der Waals surface area contributed by atoms with Crippen LogP contribution in [0.4, 0.5) is 0 Å². The Morgan fingerprint density at radius 3 is 2.70 bits per heavy atom. The molecule has 4 nitrogen and oxygen atoms in total. The van der Waals surface area contributed by atoms with E-state index in [1.54, 1.807) is 0 Å². The first kappa shape index (κ1) is 13.6. The number of nitrogens with two attached hydrogens (primary N) is 1. The lowest BCUT2D eigenvalue weighted by molar-refractivity contribution is -0.133.